The molecule has 2 rings (SSSR count). The lowest BCUT2D eigenvalue weighted by Crippen LogP contribution is -2.01. The number of aromatic nitrogens is 2. The fraction of sp³-hybridized carbons (Fsp3) is 0.286. The summed E-state index contributed by atoms with van der Waals surface area (Å²) in [5.74, 6) is 0.495. The van der Waals surface area contributed by atoms with E-state index in [1.807, 2.05) is 20.8 Å². The number of nitrogens with zero attached hydrogens (tertiary/aromatic N) is 3. The maximum atomic E-state index is 10.9. The van der Waals surface area contributed by atoms with E-state index >= 15 is 0 Å². The molecule has 2 N–H and O–H groups in total. The van der Waals surface area contributed by atoms with Crippen molar-refractivity contribution in [1.29, 1.82) is 0 Å². The minimum absolute atomic E-state index is 0.0646. The number of nitro groups is 1. The van der Waals surface area contributed by atoms with Gasteiger partial charge in [0, 0.05) is 23.2 Å². The topological polar surface area (TPSA) is 94.9 Å². The Labute approximate surface area is 127 Å². The highest BCUT2D eigenvalue weighted by Crippen LogP contribution is 2.29. The van der Waals surface area contributed by atoms with Crippen molar-refractivity contribution < 1.29 is 4.92 Å². The highest BCUT2D eigenvalue weighted by atomic mass is 32.2. The zero-order chi connectivity index (χ0) is 15.6. The molecule has 0 bridgehead atoms. The second-order valence-electron chi connectivity index (χ2n) is 4.70. The van der Waals surface area contributed by atoms with Crippen LogP contribution in [0.15, 0.2) is 23.4 Å². The molecule has 1 aromatic heterocycles. The molecular weight excluding hydrogens is 288 g/mol. The van der Waals surface area contributed by atoms with E-state index in [2.05, 4.69) is 9.97 Å². The van der Waals surface area contributed by atoms with Crippen LogP contribution < -0.4 is 5.73 Å². The quantitative estimate of drug-likeness (QED) is 0.306. The first kappa shape index (κ1) is 15.2. The number of anilines is 1. The highest BCUT2D eigenvalue weighted by molar-refractivity contribution is 7.98. The molecule has 0 radical (unpaired) electrons. The predicted molar refractivity (Wildman–Crippen MR) is 83.3 cm³/mol. The van der Waals surface area contributed by atoms with Gasteiger partial charge in [0.05, 0.1) is 4.92 Å². The van der Waals surface area contributed by atoms with Gasteiger partial charge in [0.2, 0.25) is 0 Å². The Balaban J connectivity index is 2.21. The minimum atomic E-state index is -0.472. The van der Waals surface area contributed by atoms with Gasteiger partial charge in [0.25, 0.3) is 5.69 Å². The summed E-state index contributed by atoms with van der Waals surface area (Å²) < 4.78 is 0. The fourth-order valence-electron chi connectivity index (χ4n) is 1.83. The van der Waals surface area contributed by atoms with Gasteiger partial charge in [-0.15, -0.1) is 0 Å². The van der Waals surface area contributed by atoms with Crippen molar-refractivity contribution in [2.75, 3.05) is 5.73 Å². The zero-order valence-corrected chi connectivity index (χ0v) is 12.9. The van der Waals surface area contributed by atoms with Gasteiger partial charge in [-0.05, 0) is 31.9 Å². The molecule has 1 aromatic carbocycles. The van der Waals surface area contributed by atoms with Gasteiger partial charge in [-0.1, -0.05) is 23.9 Å². The summed E-state index contributed by atoms with van der Waals surface area (Å²) in [7, 11) is 0. The Morgan fingerprint density at radius 3 is 2.43 bits per heavy atom. The Morgan fingerprint density at radius 2 is 1.86 bits per heavy atom. The van der Waals surface area contributed by atoms with Crippen LogP contribution in [0.5, 0.6) is 0 Å². The van der Waals surface area contributed by atoms with Crippen molar-refractivity contribution in [3.05, 3.63) is 50.8 Å². The summed E-state index contributed by atoms with van der Waals surface area (Å²) in [6.45, 7) is 5.86. The van der Waals surface area contributed by atoms with Crippen molar-refractivity contribution in [1.82, 2.24) is 9.97 Å². The Kier molecular flexibility index (Phi) is 4.42. The first-order chi connectivity index (χ1) is 9.90. The standard InChI is InChI=1S/C14H16N4O2S/c1-8-9(2)16-14(17-10(8)3)21-7-11-5-4-6-12(13(11)15)18(19)20/h4-6H,7,15H2,1-3H3. The van der Waals surface area contributed by atoms with Gasteiger partial charge in [-0.2, -0.15) is 0 Å². The van der Waals surface area contributed by atoms with E-state index < -0.39 is 4.92 Å². The molecule has 0 spiro atoms. The number of para-hydroxylation sites is 1. The van der Waals surface area contributed by atoms with Crippen LogP contribution in [0.1, 0.15) is 22.5 Å². The lowest BCUT2D eigenvalue weighted by molar-refractivity contribution is -0.383. The molecule has 6 nitrogen and oxygen atoms in total. The normalized spacial score (nSPS) is 10.6. The second-order valence-corrected chi connectivity index (χ2v) is 5.64. The number of rotatable bonds is 4. The van der Waals surface area contributed by atoms with Gasteiger partial charge < -0.3 is 5.73 Å². The molecule has 1 heterocycles. The molecule has 0 fully saturated rings. The third-order valence-corrected chi connectivity index (χ3v) is 4.24. The number of hydrogen-bond donors (Lipinski definition) is 1. The summed E-state index contributed by atoms with van der Waals surface area (Å²) in [5, 5.41) is 11.5. The number of thioether (sulfide) groups is 1. The first-order valence-electron chi connectivity index (χ1n) is 6.36. The van der Waals surface area contributed by atoms with Crippen molar-refractivity contribution >= 4 is 23.1 Å². The molecule has 0 unspecified atom stereocenters. The number of benzene rings is 1. The molecular formula is C14H16N4O2S. The van der Waals surface area contributed by atoms with Crippen molar-refractivity contribution in [2.24, 2.45) is 0 Å². The molecule has 2 aromatic rings. The molecule has 0 atom stereocenters. The summed E-state index contributed by atoms with van der Waals surface area (Å²) in [6, 6.07) is 4.82. The van der Waals surface area contributed by atoms with Crippen LogP contribution in [0.4, 0.5) is 11.4 Å². The molecule has 0 aliphatic carbocycles. The van der Waals surface area contributed by atoms with Gasteiger partial charge in [-0.25, -0.2) is 9.97 Å². The first-order valence-corrected chi connectivity index (χ1v) is 7.35. The molecule has 110 valence electrons. The fourth-order valence-corrected chi connectivity index (χ4v) is 2.77. The van der Waals surface area contributed by atoms with Crippen LogP contribution in [-0.2, 0) is 5.75 Å². The molecule has 0 aliphatic rings. The van der Waals surface area contributed by atoms with E-state index in [4.69, 9.17) is 5.73 Å². The van der Waals surface area contributed by atoms with E-state index in [0.717, 1.165) is 17.0 Å². The Hall–Kier alpha value is -2.15. The van der Waals surface area contributed by atoms with E-state index in [-0.39, 0.29) is 11.4 Å². The molecule has 0 saturated carbocycles. The predicted octanol–water partition coefficient (Wildman–Crippen LogP) is 3.18. The van der Waals surface area contributed by atoms with Crippen LogP contribution >= 0.6 is 11.8 Å². The maximum absolute atomic E-state index is 10.9. The summed E-state index contributed by atoms with van der Waals surface area (Å²) in [6.07, 6.45) is 0. The average Bonchev–Trinajstić information content (AvgIpc) is 2.43. The van der Waals surface area contributed by atoms with Crippen molar-refractivity contribution in [3.8, 4) is 0 Å². The van der Waals surface area contributed by atoms with Gasteiger partial charge in [0.15, 0.2) is 5.16 Å². The number of hydrogen-bond acceptors (Lipinski definition) is 6. The monoisotopic (exact) mass is 304 g/mol. The third-order valence-electron chi connectivity index (χ3n) is 3.34. The summed E-state index contributed by atoms with van der Waals surface area (Å²) in [5.41, 5.74) is 9.65. The molecule has 0 amide bonds. The van der Waals surface area contributed by atoms with E-state index in [9.17, 15) is 10.1 Å². The second kappa shape index (κ2) is 6.09. The van der Waals surface area contributed by atoms with Crippen LogP contribution in [0, 0.1) is 30.9 Å². The lowest BCUT2D eigenvalue weighted by atomic mass is 10.2. The van der Waals surface area contributed by atoms with Gasteiger partial charge >= 0.3 is 0 Å². The summed E-state index contributed by atoms with van der Waals surface area (Å²) >= 11 is 1.42. The van der Waals surface area contributed by atoms with Crippen LogP contribution in [-0.4, -0.2) is 14.9 Å². The Bertz CT molecular complexity index is 680. The smallest absolute Gasteiger partial charge is 0.292 e. The molecule has 0 aliphatic heterocycles. The molecule has 21 heavy (non-hydrogen) atoms. The minimum Gasteiger partial charge on any atom is -0.393 e. The number of nitrogens with two attached hydrogens (primary N) is 1. The highest BCUT2D eigenvalue weighted by Gasteiger charge is 2.15. The number of aryl methyl sites for hydroxylation is 2. The number of nitrogen functional groups attached to an aromatic ring is 1. The zero-order valence-electron chi connectivity index (χ0n) is 12.1. The largest absolute Gasteiger partial charge is 0.393 e. The maximum Gasteiger partial charge on any atom is 0.292 e. The SMILES string of the molecule is Cc1nc(SCc2cccc([N+](=O)[O-])c2N)nc(C)c1C. The van der Waals surface area contributed by atoms with E-state index in [0.29, 0.717) is 16.5 Å². The third kappa shape index (κ3) is 3.30. The number of nitro benzene ring substituents is 1. The van der Waals surface area contributed by atoms with E-state index in [1.54, 1.807) is 12.1 Å². The lowest BCUT2D eigenvalue weighted by Gasteiger charge is -2.08. The van der Waals surface area contributed by atoms with Crippen molar-refractivity contribution in [2.45, 2.75) is 31.7 Å². The van der Waals surface area contributed by atoms with Crippen molar-refractivity contribution in [3.63, 3.8) is 0 Å². The van der Waals surface area contributed by atoms with E-state index in [1.165, 1.54) is 17.8 Å². The van der Waals surface area contributed by atoms with Crippen LogP contribution in [0.25, 0.3) is 0 Å². The molecule has 0 saturated heterocycles. The van der Waals surface area contributed by atoms with Gasteiger partial charge in [0.1, 0.15) is 5.69 Å². The van der Waals surface area contributed by atoms with Crippen LogP contribution in [0.3, 0.4) is 0 Å². The summed E-state index contributed by atoms with van der Waals surface area (Å²) in [4.78, 5) is 19.2. The average molecular weight is 304 g/mol. The van der Waals surface area contributed by atoms with Gasteiger partial charge in [-0.3, -0.25) is 10.1 Å². The Morgan fingerprint density at radius 1 is 1.24 bits per heavy atom. The molecule has 7 heteroatoms. The van der Waals surface area contributed by atoms with Crippen LogP contribution in [0.2, 0.25) is 0 Å².